The molecule has 5 nitrogen and oxygen atoms in total. The Morgan fingerprint density at radius 1 is 1.50 bits per heavy atom. The molecule has 102 valence electrons. The summed E-state index contributed by atoms with van der Waals surface area (Å²) < 4.78 is 35.4. The first-order valence-electron chi connectivity index (χ1n) is 4.46. The van der Waals surface area contributed by atoms with Gasteiger partial charge in [-0.1, -0.05) is 6.04 Å². The Balaban J connectivity index is 0. The van der Waals surface area contributed by atoms with E-state index in [1.165, 1.54) is 28.9 Å². The molecule has 1 atom stereocenters. The van der Waals surface area contributed by atoms with Crippen molar-refractivity contribution in [3.05, 3.63) is 6.92 Å². The molecule has 0 aliphatic carbocycles. The van der Waals surface area contributed by atoms with E-state index in [1.807, 2.05) is 0 Å². The molecule has 0 spiro atoms. The molecule has 1 N–H and O–H groups in total. The maximum atomic E-state index is 11.8. The second-order valence-corrected chi connectivity index (χ2v) is 2.95. The van der Waals surface area contributed by atoms with E-state index in [0.29, 0.717) is 0 Å². The first kappa shape index (κ1) is 20.4. The van der Waals surface area contributed by atoms with Crippen LogP contribution in [-0.4, -0.2) is 43.3 Å². The Morgan fingerprint density at radius 2 is 1.94 bits per heavy atom. The van der Waals surface area contributed by atoms with Gasteiger partial charge in [-0.05, 0) is 0 Å². The van der Waals surface area contributed by atoms with Crippen LogP contribution in [-0.2, 0) is 29.2 Å². The third kappa shape index (κ3) is 9.04. The van der Waals surface area contributed by atoms with Crippen molar-refractivity contribution in [2.45, 2.75) is 18.6 Å². The van der Waals surface area contributed by atoms with E-state index in [0.717, 1.165) is 5.06 Å². The summed E-state index contributed by atoms with van der Waals surface area (Å²) >= 11 is 3.62. The fourth-order valence-electron chi connectivity index (χ4n) is 0.759. The van der Waals surface area contributed by atoms with Gasteiger partial charge in [0, 0.05) is 13.5 Å². The molecule has 0 unspecified atom stereocenters. The quantitative estimate of drug-likeness (QED) is 0.313. The molecular weight excluding hydrogens is 421 g/mol. The summed E-state index contributed by atoms with van der Waals surface area (Å²) in [6.45, 7) is 3.21. The number of carbonyl (C=O) groups excluding carboxylic acids is 2. The number of carbonyl (C=O) groups is 2. The van der Waals surface area contributed by atoms with Gasteiger partial charge in [-0.2, -0.15) is 13.2 Å². The van der Waals surface area contributed by atoms with Crippen LogP contribution in [0.2, 0.25) is 0 Å². The van der Waals surface area contributed by atoms with Crippen LogP contribution >= 0.6 is 19.8 Å². The normalized spacial score (nSPS) is 12.1. The van der Waals surface area contributed by atoms with Gasteiger partial charge in [-0.3, -0.25) is 14.4 Å². The molecule has 0 aliphatic rings. The second kappa shape index (κ2) is 9.91. The molecule has 0 heterocycles. The van der Waals surface area contributed by atoms with Crippen LogP contribution in [0.4, 0.5) is 13.2 Å². The molecule has 0 saturated carbocycles. The van der Waals surface area contributed by atoms with Crippen LogP contribution in [0.3, 0.4) is 0 Å². The van der Waals surface area contributed by atoms with E-state index in [4.69, 9.17) is 0 Å². The summed E-state index contributed by atoms with van der Waals surface area (Å²) in [6.07, 6.45) is -5.36. The number of halogens is 4. The topological polar surface area (TPSA) is 58.6 Å². The first-order chi connectivity index (χ1) is 8.18. The van der Waals surface area contributed by atoms with Crippen molar-refractivity contribution in [3.8, 4) is 0 Å². The Kier molecular flexibility index (Phi) is 11.2. The standard InChI is InChI=1S/C8H12F3N2O3.HI.Zn/c1-5(4-6(14)13(2)16-3)12-7(15)8(9,10)11;;/h5H,1,4H2,2-3H3,(H,12,15);1H;/q-1;;+2/p-1/t5-;;/m1../s1. The molecule has 0 aromatic carbocycles. The van der Waals surface area contributed by atoms with E-state index in [9.17, 15) is 22.8 Å². The molecule has 10 heteroatoms. The molecule has 2 amide bonds. The fourth-order valence-corrected chi connectivity index (χ4v) is 0.759. The summed E-state index contributed by atoms with van der Waals surface area (Å²) in [6, 6.07) is -1.17. The molecule has 0 bridgehead atoms. The van der Waals surface area contributed by atoms with Gasteiger partial charge in [0.2, 0.25) is 5.91 Å². The Bertz CT molecular complexity index is 279. The second-order valence-electron chi connectivity index (χ2n) is 2.95. The van der Waals surface area contributed by atoms with Crippen molar-refractivity contribution < 1.29 is 42.4 Å². The summed E-state index contributed by atoms with van der Waals surface area (Å²) in [5.74, 6) is -2.72. The number of hydrogen-bond donors (Lipinski definition) is 1. The van der Waals surface area contributed by atoms with Crippen molar-refractivity contribution in [2.24, 2.45) is 0 Å². The van der Waals surface area contributed by atoms with Crippen molar-refractivity contribution in [3.63, 3.8) is 0 Å². The molecule has 18 heavy (non-hydrogen) atoms. The molecule has 0 aromatic rings. The van der Waals surface area contributed by atoms with Crippen molar-refractivity contribution in [1.82, 2.24) is 10.4 Å². The number of rotatable bonds is 4. The minimum absolute atomic E-state index is 0.383. The molecule has 0 radical (unpaired) electrons. The minimum atomic E-state index is -4.98. The average Bonchev–Trinajstić information content (AvgIpc) is 2.28. The van der Waals surface area contributed by atoms with Crippen LogP contribution < -0.4 is 5.32 Å². The number of amides is 2. The first-order valence-corrected chi connectivity index (χ1v) is 13.5. The Labute approximate surface area is 124 Å². The monoisotopic (exact) mass is 432 g/mol. The molecular formula is C8H12F3IN2O3Zn. The van der Waals surface area contributed by atoms with Gasteiger partial charge in [0.15, 0.2) is 0 Å². The number of alkyl halides is 3. The van der Waals surface area contributed by atoms with Crippen molar-refractivity contribution in [1.29, 1.82) is 0 Å². The zero-order valence-corrected chi connectivity index (χ0v) is 15.0. The van der Waals surface area contributed by atoms with Gasteiger partial charge < -0.3 is 12.2 Å². The Hall–Kier alpha value is 0.0434. The van der Waals surface area contributed by atoms with Crippen LogP contribution in [0.5, 0.6) is 0 Å². The van der Waals surface area contributed by atoms with Gasteiger partial charge in [0.1, 0.15) is 0 Å². The zero-order valence-electron chi connectivity index (χ0n) is 9.88. The molecule has 0 saturated heterocycles. The van der Waals surface area contributed by atoms with Crippen LogP contribution in [0.15, 0.2) is 0 Å². The number of nitrogens with zero attached hydrogens (tertiary/aromatic N) is 1. The molecule has 0 aromatic heterocycles. The van der Waals surface area contributed by atoms with Gasteiger partial charge in [-0.15, -0.1) is 0 Å². The summed E-state index contributed by atoms with van der Waals surface area (Å²) in [4.78, 5) is 26.1. The molecule has 0 aliphatic heterocycles. The van der Waals surface area contributed by atoms with Gasteiger partial charge >= 0.3 is 46.6 Å². The summed E-state index contributed by atoms with van der Waals surface area (Å²) in [5.41, 5.74) is 0. The van der Waals surface area contributed by atoms with Crippen LogP contribution in [0.1, 0.15) is 6.42 Å². The van der Waals surface area contributed by atoms with Crippen LogP contribution in [0, 0.1) is 6.92 Å². The number of hydrogen-bond acceptors (Lipinski definition) is 3. The van der Waals surface area contributed by atoms with E-state index in [2.05, 4.69) is 31.5 Å². The van der Waals surface area contributed by atoms with Crippen molar-refractivity contribution in [2.75, 3.05) is 14.2 Å². The predicted octanol–water partition coefficient (Wildman–Crippen LogP) is 1.16. The SMILES string of the molecule is [CH2-][C@H](CC(=O)N(C)OC)NC(=O)C(F)(F)F.[Zn+][I]. The fraction of sp³-hybridized carbons (Fsp3) is 0.625. The average molecular weight is 433 g/mol. The third-order valence-corrected chi connectivity index (χ3v) is 1.64. The van der Waals surface area contributed by atoms with E-state index >= 15 is 0 Å². The summed E-state index contributed by atoms with van der Waals surface area (Å²) in [5, 5.41) is 2.38. The molecule has 0 rings (SSSR count). The number of hydroxylamine groups is 2. The molecule has 0 fully saturated rings. The van der Waals surface area contributed by atoms with E-state index in [-0.39, 0.29) is 6.42 Å². The number of nitrogens with one attached hydrogen (secondary N) is 1. The summed E-state index contributed by atoms with van der Waals surface area (Å²) in [7, 11) is 2.52. The Morgan fingerprint density at radius 3 is 2.28 bits per heavy atom. The van der Waals surface area contributed by atoms with Crippen molar-refractivity contribution >= 4 is 31.6 Å². The zero-order chi connectivity index (χ0) is 14.9. The predicted molar refractivity (Wildman–Crippen MR) is 61.8 cm³/mol. The van der Waals surface area contributed by atoms with Gasteiger partial charge in [0.25, 0.3) is 0 Å². The van der Waals surface area contributed by atoms with E-state index < -0.39 is 24.0 Å². The van der Waals surface area contributed by atoms with Gasteiger partial charge in [-0.25, -0.2) is 5.06 Å². The third-order valence-electron chi connectivity index (χ3n) is 1.64. The maximum absolute atomic E-state index is 11.8. The van der Waals surface area contributed by atoms with Gasteiger partial charge in [0.05, 0.1) is 7.11 Å². The van der Waals surface area contributed by atoms with Crippen LogP contribution in [0.25, 0.3) is 0 Å². The van der Waals surface area contributed by atoms with E-state index in [1.54, 1.807) is 5.32 Å².